The van der Waals surface area contributed by atoms with Gasteiger partial charge >= 0.3 is 0 Å². The molecule has 0 atom stereocenters. The van der Waals surface area contributed by atoms with Crippen molar-refractivity contribution in [3.8, 4) is 11.5 Å². The number of anilines is 1. The lowest BCUT2D eigenvalue weighted by molar-refractivity contribution is 0.602. The van der Waals surface area contributed by atoms with E-state index in [2.05, 4.69) is 4.98 Å². The molecule has 0 fully saturated rings. The SMILES string of the molecule is Nc1cc(F)ccc1-c1nc2ccc(F)cc2o1. The molecule has 0 amide bonds. The van der Waals surface area contributed by atoms with Crippen LogP contribution in [0.1, 0.15) is 0 Å². The second-order valence-corrected chi connectivity index (χ2v) is 3.86. The average molecular weight is 246 g/mol. The number of nitrogen functional groups attached to an aromatic ring is 1. The third-order valence-electron chi connectivity index (χ3n) is 2.59. The highest BCUT2D eigenvalue weighted by atomic mass is 19.1. The van der Waals surface area contributed by atoms with Crippen LogP contribution in [0.3, 0.4) is 0 Å². The zero-order valence-electron chi connectivity index (χ0n) is 9.15. The Kier molecular flexibility index (Phi) is 2.26. The first-order valence-electron chi connectivity index (χ1n) is 5.25. The van der Waals surface area contributed by atoms with Gasteiger partial charge in [-0.15, -0.1) is 0 Å². The molecule has 2 aromatic carbocycles. The van der Waals surface area contributed by atoms with Gasteiger partial charge in [0.2, 0.25) is 5.89 Å². The molecule has 1 heterocycles. The van der Waals surface area contributed by atoms with Gasteiger partial charge in [-0.25, -0.2) is 13.8 Å². The minimum atomic E-state index is -0.432. The number of rotatable bonds is 1. The summed E-state index contributed by atoms with van der Waals surface area (Å²) in [5, 5.41) is 0. The summed E-state index contributed by atoms with van der Waals surface area (Å²) in [5.41, 5.74) is 7.25. The first-order chi connectivity index (χ1) is 8.63. The molecule has 2 N–H and O–H groups in total. The molecular weight excluding hydrogens is 238 g/mol. The normalized spacial score (nSPS) is 11.0. The fraction of sp³-hybridized carbons (Fsp3) is 0. The summed E-state index contributed by atoms with van der Waals surface area (Å²) in [5.74, 6) is -0.594. The lowest BCUT2D eigenvalue weighted by Gasteiger charge is -2.00. The molecule has 5 heteroatoms. The van der Waals surface area contributed by atoms with Crippen LogP contribution in [-0.4, -0.2) is 4.98 Å². The quantitative estimate of drug-likeness (QED) is 0.670. The van der Waals surface area contributed by atoms with Gasteiger partial charge in [-0.3, -0.25) is 0 Å². The molecule has 0 aliphatic heterocycles. The number of benzene rings is 2. The highest BCUT2D eigenvalue weighted by Crippen LogP contribution is 2.29. The second kappa shape index (κ2) is 3.80. The lowest BCUT2D eigenvalue weighted by Crippen LogP contribution is -1.91. The summed E-state index contributed by atoms with van der Waals surface area (Å²) in [6.07, 6.45) is 0. The van der Waals surface area contributed by atoms with Gasteiger partial charge in [-0.2, -0.15) is 0 Å². The fourth-order valence-electron chi connectivity index (χ4n) is 1.74. The molecule has 90 valence electrons. The molecule has 0 bridgehead atoms. The van der Waals surface area contributed by atoms with Crippen molar-refractivity contribution >= 4 is 16.8 Å². The third-order valence-corrected chi connectivity index (χ3v) is 2.59. The highest BCUT2D eigenvalue weighted by Gasteiger charge is 2.12. The van der Waals surface area contributed by atoms with Crippen LogP contribution in [-0.2, 0) is 0 Å². The average Bonchev–Trinajstić information content (AvgIpc) is 2.71. The van der Waals surface area contributed by atoms with Gasteiger partial charge in [0, 0.05) is 11.8 Å². The van der Waals surface area contributed by atoms with E-state index in [0.29, 0.717) is 16.7 Å². The second-order valence-electron chi connectivity index (χ2n) is 3.86. The lowest BCUT2D eigenvalue weighted by atomic mass is 10.2. The molecule has 0 aliphatic rings. The molecule has 18 heavy (non-hydrogen) atoms. The first-order valence-corrected chi connectivity index (χ1v) is 5.25. The Morgan fingerprint density at radius 3 is 2.50 bits per heavy atom. The van der Waals surface area contributed by atoms with E-state index >= 15 is 0 Å². The van der Waals surface area contributed by atoms with Crippen LogP contribution in [0, 0.1) is 11.6 Å². The number of nitrogens with zero attached hydrogens (tertiary/aromatic N) is 1. The van der Waals surface area contributed by atoms with Crippen molar-refractivity contribution in [3.05, 3.63) is 48.0 Å². The predicted molar refractivity (Wildman–Crippen MR) is 63.8 cm³/mol. The van der Waals surface area contributed by atoms with E-state index in [1.807, 2.05) is 0 Å². The molecule has 0 spiro atoms. The molecule has 3 aromatic rings. The van der Waals surface area contributed by atoms with Crippen molar-refractivity contribution in [2.45, 2.75) is 0 Å². The molecular formula is C13H8F2N2O. The minimum Gasteiger partial charge on any atom is -0.436 e. The first kappa shape index (κ1) is 10.7. The van der Waals surface area contributed by atoms with Crippen molar-refractivity contribution < 1.29 is 13.2 Å². The van der Waals surface area contributed by atoms with Crippen LogP contribution in [0.25, 0.3) is 22.6 Å². The molecule has 1 aromatic heterocycles. The Hall–Kier alpha value is -2.43. The van der Waals surface area contributed by atoms with Crippen molar-refractivity contribution in [3.63, 3.8) is 0 Å². The van der Waals surface area contributed by atoms with Crippen LogP contribution in [0.2, 0.25) is 0 Å². The molecule has 3 rings (SSSR count). The van der Waals surface area contributed by atoms with Gasteiger partial charge in [0.1, 0.15) is 17.2 Å². The number of fused-ring (bicyclic) bond motifs is 1. The fourth-order valence-corrected chi connectivity index (χ4v) is 1.74. The summed E-state index contributed by atoms with van der Waals surface area (Å²) >= 11 is 0. The smallest absolute Gasteiger partial charge is 0.229 e. The van der Waals surface area contributed by atoms with Gasteiger partial charge in [-0.05, 0) is 30.3 Å². The summed E-state index contributed by atoms with van der Waals surface area (Å²) in [7, 11) is 0. The van der Waals surface area contributed by atoms with Crippen molar-refractivity contribution in [2.75, 3.05) is 5.73 Å². The van der Waals surface area contributed by atoms with E-state index in [4.69, 9.17) is 10.2 Å². The Bertz CT molecular complexity index is 737. The van der Waals surface area contributed by atoms with Gasteiger partial charge in [-0.1, -0.05) is 0 Å². The maximum Gasteiger partial charge on any atom is 0.229 e. The van der Waals surface area contributed by atoms with Gasteiger partial charge in [0.25, 0.3) is 0 Å². The zero-order chi connectivity index (χ0) is 12.7. The van der Waals surface area contributed by atoms with E-state index in [-0.39, 0.29) is 11.6 Å². The largest absolute Gasteiger partial charge is 0.436 e. The molecule has 0 radical (unpaired) electrons. The van der Waals surface area contributed by atoms with Gasteiger partial charge in [0.15, 0.2) is 5.58 Å². The maximum absolute atomic E-state index is 13.0. The van der Waals surface area contributed by atoms with Crippen LogP contribution >= 0.6 is 0 Å². The van der Waals surface area contributed by atoms with Crippen molar-refractivity contribution in [1.82, 2.24) is 4.98 Å². The summed E-state index contributed by atoms with van der Waals surface area (Å²) in [4.78, 5) is 4.18. The standard InChI is InChI=1S/C13H8F2N2O/c14-7-1-3-9(10(16)5-7)13-17-11-4-2-8(15)6-12(11)18-13/h1-6H,16H2. The van der Waals surface area contributed by atoms with E-state index in [9.17, 15) is 8.78 Å². The summed E-state index contributed by atoms with van der Waals surface area (Å²) in [6, 6.07) is 7.98. The van der Waals surface area contributed by atoms with E-state index in [0.717, 1.165) is 0 Å². The molecule has 0 aliphatic carbocycles. The van der Waals surface area contributed by atoms with Crippen LogP contribution < -0.4 is 5.73 Å². The summed E-state index contributed by atoms with van der Waals surface area (Å²) in [6.45, 7) is 0. The summed E-state index contributed by atoms with van der Waals surface area (Å²) < 4.78 is 31.4. The number of hydrogen-bond acceptors (Lipinski definition) is 3. The monoisotopic (exact) mass is 246 g/mol. The van der Waals surface area contributed by atoms with Crippen molar-refractivity contribution in [1.29, 1.82) is 0 Å². The van der Waals surface area contributed by atoms with E-state index in [1.54, 1.807) is 0 Å². The zero-order valence-corrected chi connectivity index (χ0v) is 9.15. The van der Waals surface area contributed by atoms with Crippen LogP contribution in [0.4, 0.5) is 14.5 Å². The highest BCUT2D eigenvalue weighted by molar-refractivity contribution is 5.79. The number of nitrogens with two attached hydrogens (primary N) is 1. The van der Waals surface area contributed by atoms with Crippen LogP contribution in [0.15, 0.2) is 40.8 Å². The van der Waals surface area contributed by atoms with E-state index in [1.165, 1.54) is 36.4 Å². The number of aromatic nitrogens is 1. The Labute approximate surface area is 101 Å². The van der Waals surface area contributed by atoms with E-state index < -0.39 is 11.6 Å². The van der Waals surface area contributed by atoms with Crippen molar-refractivity contribution in [2.24, 2.45) is 0 Å². The van der Waals surface area contributed by atoms with Crippen LogP contribution in [0.5, 0.6) is 0 Å². The molecule has 0 saturated heterocycles. The number of halogens is 2. The Balaban J connectivity index is 2.19. The molecule has 0 saturated carbocycles. The molecule has 0 unspecified atom stereocenters. The van der Waals surface area contributed by atoms with Gasteiger partial charge < -0.3 is 10.2 Å². The Morgan fingerprint density at radius 2 is 1.72 bits per heavy atom. The maximum atomic E-state index is 13.0. The minimum absolute atomic E-state index is 0.224. The Morgan fingerprint density at radius 1 is 1.00 bits per heavy atom. The topological polar surface area (TPSA) is 52.0 Å². The molecule has 3 nitrogen and oxygen atoms in total. The third kappa shape index (κ3) is 1.69. The predicted octanol–water partition coefficient (Wildman–Crippen LogP) is 3.36. The van der Waals surface area contributed by atoms with Gasteiger partial charge in [0.05, 0.1) is 5.56 Å². The number of oxazole rings is 1. The number of hydrogen-bond donors (Lipinski definition) is 1.